The van der Waals surface area contributed by atoms with Crippen molar-refractivity contribution in [3.63, 3.8) is 0 Å². The van der Waals surface area contributed by atoms with Crippen LogP contribution < -0.4 is 0 Å². The monoisotopic (exact) mass is 441 g/mol. The Labute approximate surface area is 201 Å². The van der Waals surface area contributed by atoms with Crippen LogP contribution in [0.1, 0.15) is 22.3 Å². The first-order valence-corrected chi connectivity index (χ1v) is 11.5. The maximum Gasteiger partial charge on any atom is 0.164 e. The van der Waals surface area contributed by atoms with E-state index in [2.05, 4.69) is 119 Å². The van der Waals surface area contributed by atoms with Crippen LogP contribution in [-0.2, 0) is 0 Å². The molecular weight excluding hydrogens is 414 g/mol. The van der Waals surface area contributed by atoms with Gasteiger partial charge in [0, 0.05) is 16.7 Å². The van der Waals surface area contributed by atoms with Gasteiger partial charge >= 0.3 is 0 Å². The van der Waals surface area contributed by atoms with E-state index >= 15 is 0 Å². The van der Waals surface area contributed by atoms with Gasteiger partial charge < -0.3 is 0 Å². The van der Waals surface area contributed by atoms with Gasteiger partial charge in [0.25, 0.3) is 0 Å². The molecule has 1 aromatic heterocycles. The number of hydrogen-bond donors (Lipinski definition) is 0. The maximum absolute atomic E-state index is 4.91. The predicted octanol–water partition coefficient (Wildman–Crippen LogP) is 7.77. The van der Waals surface area contributed by atoms with E-state index in [0.29, 0.717) is 17.5 Å². The molecule has 5 aromatic rings. The largest absolute Gasteiger partial charge is 0.208 e. The lowest BCUT2D eigenvalue weighted by Gasteiger charge is -2.11. The molecule has 0 atom stereocenters. The van der Waals surface area contributed by atoms with Crippen molar-refractivity contribution >= 4 is 0 Å². The standard InChI is InChI=1S/C31H27N3/c1-20-5-11-24(12-6-20)27-17-23(4)18-28(19-27)31-33-29(25-13-7-21(2)8-14-25)32-30(34-31)26-15-9-22(3)10-16-26/h5-19H,1-4H3. The average Bonchev–Trinajstić information content (AvgIpc) is 2.85. The van der Waals surface area contributed by atoms with Gasteiger partial charge in [-0.2, -0.15) is 0 Å². The van der Waals surface area contributed by atoms with Crippen LogP contribution in [0.4, 0.5) is 0 Å². The van der Waals surface area contributed by atoms with Crippen molar-refractivity contribution in [2.75, 3.05) is 0 Å². The fourth-order valence-electron chi connectivity index (χ4n) is 3.99. The smallest absolute Gasteiger partial charge is 0.164 e. The summed E-state index contributed by atoms with van der Waals surface area (Å²) < 4.78 is 0. The normalized spacial score (nSPS) is 10.9. The van der Waals surface area contributed by atoms with Crippen LogP contribution in [0, 0.1) is 27.7 Å². The lowest BCUT2D eigenvalue weighted by Crippen LogP contribution is -2.00. The molecule has 1 heterocycles. The van der Waals surface area contributed by atoms with Crippen molar-refractivity contribution in [2.45, 2.75) is 27.7 Å². The number of hydrogen-bond acceptors (Lipinski definition) is 3. The van der Waals surface area contributed by atoms with Crippen LogP contribution in [0.5, 0.6) is 0 Å². The summed E-state index contributed by atoms with van der Waals surface area (Å²) in [6, 6.07) is 31.8. The molecule has 0 bridgehead atoms. The van der Waals surface area contributed by atoms with Crippen LogP contribution >= 0.6 is 0 Å². The zero-order valence-corrected chi connectivity index (χ0v) is 20.0. The quantitative estimate of drug-likeness (QED) is 0.286. The molecule has 0 fully saturated rings. The zero-order valence-electron chi connectivity index (χ0n) is 20.0. The second kappa shape index (κ2) is 9.03. The second-order valence-electron chi connectivity index (χ2n) is 8.99. The SMILES string of the molecule is Cc1ccc(-c2cc(C)cc(-c3nc(-c4ccc(C)cc4)nc(-c4ccc(C)cc4)n3)c2)cc1. The van der Waals surface area contributed by atoms with Crippen molar-refractivity contribution in [1.29, 1.82) is 0 Å². The molecule has 0 amide bonds. The van der Waals surface area contributed by atoms with E-state index in [1.807, 2.05) is 0 Å². The molecule has 0 unspecified atom stereocenters. The van der Waals surface area contributed by atoms with Gasteiger partial charge in [-0.05, 0) is 56.5 Å². The molecule has 0 N–H and O–H groups in total. The Hall–Kier alpha value is -4.11. The number of aryl methyl sites for hydroxylation is 4. The minimum atomic E-state index is 0.679. The van der Waals surface area contributed by atoms with Crippen molar-refractivity contribution < 1.29 is 0 Å². The minimum absolute atomic E-state index is 0.679. The number of benzene rings is 4. The summed E-state index contributed by atoms with van der Waals surface area (Å²) in [5.41, 5.74) is 10.1. The van der Waals surface area contributed by atoms with E-state index in [-0.39, 0.29) is 0 Å². The van der Waals surface area contributed by atoms with E-state index in [4.69, 9.17) is 15.0 Å². The molecule has 0 aliphatic carbocycles. The van der Waals surface area contributed by atoms with Crippen molar-refractivity contribution in [1.82, 2.24) is 15.0 Å². The van der Waals surface area contributed by atoms with Gasteiger partial charge in [0.15, 0.2) is 17.5 Å². The molecule has 34 heavy (non-hydrogen) atoms. The van der Waals surface area contributed by atoms with Gasteiger partial charge in [-0.25, -0.2) is 15.0 Å². The Morgan fingerprint density at radius 1 is 0.324 bits per heavy atom. The van der Waals surface area contributed by atoms with Crippen LogP contribution in [0.25, 0.3) is 45.3 Å². The lowest BCUT2D eigenvalue weighted by molar-refractivity contribution is 1.07. The molecule has 0 radical (unpaired) electrons. The van der Waals surface area contributed by atoms with Crippen molar-refractivity contribution in [2.24, 2.45) is 0 Å². The summed E-state index contributed by atoms with van der Waals surface area (Å²) in [4.78, 5) is 14.7. The maximum atomic E-state index is 4.91. The third-order valence-corrected chi connectivity index (χ3v) is 5.98. The molecule has 4 aromatic carbocycles. The second-order valence-corrected chi connectivity index (χ2v) is 8.99. The van der Waals surface area contributed by atoms with E-state index in [9.17, 15) is 0 Å². The fraction of sp³-hybridized carbons (Fsp3) is 0.129. The first-order valence-electron chi connectivity index (χ1n) is 11.5. The number of rotatable bonds is 4. The molecule has 0 saturated heterocycles. The first-order chi connectivity index (χ1) is 16.4. The molecule has 0 aliphatic rings. The Balaban J connectivity index is 1.68. The minimum Gasteiger partial charge on any atom is -0.208 e. The topological polar surface area (TPSA) is 38.7 Å². The Morgan fingerprint density at radius 2 is 0.676 bits per heavy atom. The molecule has 3 nitrogen and oxygen atoms in total. The van der Waals surface area contributed by atoms with Crippen LogP contribution in [0.3, 0.4) is 0 Å². The molecule has 166 valence electrons. The Morgan fingerprint density at radius 3 is 1.12 bits per heavy atom. The lowest BCUT2D eigenvalue weighted by atomic mass is 9.99. The molecule has 0 aliphatic heterocycles. The van der Waals surface area contributed by atoms with E-state index in [1.165, 1.54) is 27.8 Å². The highest BCUT2D eigenvalue weighted by molar-refractivity contribution is 5.73. The first kappa shape index (κ1) is 21.7. The third-order valence-electron chi connectivity index (χ3n) is 5.98. The Kier molecular flexibility index (Phi) is 5.77. The number of aromatic nitrogens is 3. The summed E-state index contributed by atoms with van der Waals surface area (Å²) in [5.74, 6) is 2.04. The zero-order chi connectivity index (χ0) is 23.7. The summed E-state index contributed by atoms with van der Waals surface area (Å²) in [7, 11) is 0. The average molecular weight is 442 g/mol. The molecule has 0 spiro atoms. The third kappa shape index (κ3) is 4.65. The van der Waals surface area contributed by atoms with Gasteiger partial charge in [-0.3, -0.25) is 0 Å². The fourth-order valence-corrected chi connectivity index (χ4v) is 3.99. The van der Waals surface area contributed by atoms with E-state index < -0.39 is 0 Å². The highest BCUT2D eigenvalue weighted by Crippen LogP contribution is 2.29. The summed E-state index contributed by atoms with van der Waals surface area (Å²) in [6.45, 7) is 8.39. The Bertz CT molecular complexity index is 1390. The van der Waals surface area contributed by atoms with Gasteiger partial charge in [-0.1, -0.05) is 95.6 Å². The summed E-state index contributed by atoms with van der Waals surface area (Å²) in [5, 5.41) is 0. The van der Waals surface area contributed by atoms with Crippen molar-refractivity contribution in [3.05, 3.63) is 113 Å². The van der Waals surface area contributed by atoms with Gasteiger partial charge in [-0.15, -0.1) is 0 Å². The summed E-state index contributed by atoms with van der Waals surface area (Å²) >= 11 is 0. The van der Waals surface area contributed by atoms with Crippen molar-refractivity contribution in [3.8, 4) is 45.3 Å². The predicted molar refractivity (Wildman–Crippen MR) is 141 cm³/mol. The molecule has 3 heteroatoms. The van der Waals surface area contributed by atoms with Crippen LogP contribution in [0.2, 0.25) is 0 Å². The molecular formula is C31H27N3. The molecule has 5 rings (SSSR count). The van der Waals surface area contributed by atoms with E-state index in [0.717, 1.165) is 22.3 Å². The van der Waals surface area contributed by atoms with Gasteiger partial charge in [0.2, 0.25) is 0 Å². The van der Waals surface area contributed by atoms with Crippen LogP contribution in [-0.4, -0.2) is 15.0 Å². The number of nitrogens with zero attached hydrogens (tertiary/aromatic N) is 3. The highest BCUT2D eigenvalue weighted by Gasteiger charge is 2.13. The molecule has 0 saturated carbocycles. The van der Waals surface area contributed by atoms with Gasteiger partial charge in [0.05, 0.1) is 0 Å². The van der Waals surface area contributed by atoms with E-state index in [1.54, 1.807) is 0 Å². The van der Waals surface area contributed by atoms with Crippen LogP contribution in [0.15, 0.2) is 91.0 Å². The van der Waals surface area contributed by atoms with Gasteiger partial charge in [0.1, 0.15) is 0 Å². The highest BCUT2D eigenvalue weighted by atomic mass is 15.0. The summed E-state index contributed by atoms with van der Waals surface area (Å²) in [6.07, 6.45) is 0.